The zero-order chi connectivity index (χ0) is 17.1. The van der Waals surface area contributed by atoms with E-state index in [2.05, 4.69) is 14.7 Å². The molecule has 0 amide bonds. The molecule has 3 aliphatic rings. The minimum atomic E-state index is -0.146. The molecular formula is C21H32FN3. The van der Waals surface area contributed by atoms with Crippen LogP contribution < -0.4 is 4.90 Å². The maximum absolute atomic E-state index is 13.1. The number of nitrogens with zero attached hydrogens (tertiary/aromatic N) is 3. The van der Waals surface area contributed by atoms with Crippen LogP contribution in [0.4, 0.5) is 10.1 Å². The Morgan fingerprint density at radius 3 is 2.08 bits per heavy atom. The van der Waals surface area contributed by atoms with Crippen molar-refractivity contribution in [1.29, 1.82) is 0 Å². The van der Waals surface area contributed by atoms with Crippen LogP contribution in [0.5, 0.6) is 0 Å². The van der Waals surface area contributed by atoms with E-state index in [1.165, 1.54) is 58.0 Å². The number of hydrogen-bond donors (Lipinski definition) is 0. The van der Waals surface area contributed by atoms with E-state index in [-0.39, 0.29) is 5.82 Å². The average Bonchev–Trinajstić information content (AvgIpc) is 2.70. The standard InChI is InChI=1S/C21H32FN3/c22-18-8-10-20(11-9-18)23-13-15-24(16-14-23)21-7-4-12-25(17-21)19-5-2-1-3-6-19/h8-11,19,21H,1-7,12-17H2/t21-/m0/s1. The van der Waals surface area contributed by atoms with E-state index >= 15 is 0 Å². The zero-order valence-corrected chi connectivity index (χ0v) is 15.4. The Kier molecular flexibility index (Phi) is 5.57. The normalized spacial score (nSPS) is 27.6. The Morgan fingerprint density at radius 1 is 0.680 bits per heavy atom. The molecule has 0 aromatic heterocycles. The quantitative estimate of drug-likeness (QED) is 0.826. The number of rotatable bonds is 3. The van der Waals surface area contributed by atoms with Crippen molar-refractivity contribution in [3.8, 4) is 0 Å². The average molecular weight is 346 g/mol. The van der Waals surface area contributed by atoms with Gasteiger partial charge in [0.1, 0.15) is 5.82 Å². The van der Waals surface area contributed by atoms with Crippen molar-refractivity contribution < 1.29 is 4.39 Å². The molecule has 1 atom stereocenters. The summed E-state index contributed by atoms with van der Waals surface area (Å²) >= 11 is 0. The van der Waals surface area contributed by atoms with E-state index in [4.69, 9.17) is 0 Å². The van der Waals surface area contributed by atoms with Crippen LogP contribution in [0.2, 0.25) is 0 Å². The summed E-state index contributed by atoms with van der Waals surface area (Å²) in [5.74, 6) is -0.146. The number of benzene rings is 1. The third-order valence-corrected chi connectivity index (χ3v) is 6.54. The summed E-state index contributed by atoms with van der Waals surface area (Å²) < 4.78 is 13.1. The van der Waals surface area contributed by atoms with Crippen LogP contribution in [-0.4, -0.2) is 61.2 Å². The second-order valence-electron chi connectivity index (χ2n) is 8.08. The molecule has 3 fully saturated rings. The maximum atomic E-state index is 13.1. The summed E-state index contributed by atoms with van der Waals surface area (Å²) in [6.07, 6.45) is 9.87. The van der Waals surface area contributed by atoms with Crippen molar-refractivity contribution in [1.82, 2.24) is 9.80 Å². The fourth-order valence-electron chi connectivity index (χ4n) is 5.06. The van der Waals surface area contributed by atoms with Gasteiger partial charge in [-0.3, -0.25) is 9.80 Å². The molecule has 0 radical (unpaired) electrons. The summed E-state index contributed by atoms with van der Waals surface area (Å²) in [7, 11) is 0. The zero-order valence-electron chi connectivity index (χ0n) is 15.4. The molecule has 2 aliphatic heterocycles. The van der Waals surface area contributed by atoms with Crippen molar-refractivity contribution in [2.45, 2.75) is 57.0 Å². The van der Waals surface area contributed by atoms with Crippen molar-refractivity contribution >= 4 is 5.69 Å². The van der Waals surface area contributed by atoms with Crippen LogP contribution >= 0.6 is 0 Å². The number of piperazine rings is 1. The molecule has 2 saturated heterocycles. The molecule has 0 spiro atoms. The summed E-state index contributed by atoms with van der Waals surface area (Å²) in [4.78, 5) is 7.92. The van der Waals surface area contributed by atoms with Crippen LogP contribution in [0.3, 0.4) is 0 Å². The first-order valence-electron chi connectivity index (χ1n) is 10.3. The van der Waals surface area contributed by atoms with Crippen molar-refractivity contribution in [2.24, 2.45) is 0 Å². The lowest BCUT2D eigenvalue weighted by atomic mass is 9.91. The first-order valence-corrected chi connectivity index (χ1v) is 10.3. The highest BCUT2D eigenvalue weighted by Gasteiger charge is 2.31. The van der Waals surface area contributed by atoms with Crippen LogP contribution in [0, 0.1) is 5.82 Å². The van der Waals surface area contributed by atoms with Gasteiger partial charge in [-0.2, -0.15) is 0 Å². The molecule has 1 aromatic carbocycles. The Bertz CT molecular complexity index is 533. The summed E-state index contributed by atoms with van der Waals surface area (Å²) in [5, 5.41) is 0. The molecule has 138 valence electrons. The first-order chi connectivity index (χ1) is 12.3. The largest absolute Gasteiger partial charge is 0.369 e. The van der Waals surface area contributed by atoms with Crippen LogP contribution in [0.25, 0.3) is 0 Å². The summed E-state index contributed by atoms with van der Waals surface area (Å²) in [6, 6.07) is 8.57. The number of halogens is 1. The third-order valence-electron chi connectivity index (χ3n) is 6.54. The van der Waals surface area contributed by atoms with E-state index in [1.54, 1.807) is 12.1 Å². The number of likely N-dealkylation sites (tertiary alicyclic amines) is 1. The summed E-state index contributed by atoms with van der Waals surface area (Å²) in [6.45, 7) is 7.00. The molecular weight excluding hydrogens is 313 g/mol. The Balaban J connectivity index is 1.30. The van der Waals surface area contributed by atoms with E-state index in [0.29, 0.717) is 0 Å². The molecule has 0 bridgehead atoms. The van der Waals surface area contributed by atoms with Gasteiger partial charge in [0.2, 0.25) is 0 Å². The van der Waals surface area contributed by atoms with Gasteiger partial charge in [0.25, 0.3) is 0 Å². The molecule has 4 heteroatoms. The molecule has 4 rings (SSSR count). The van der Waals surface area contributed by atoms with E-state index in [1.807, 2.05) is 12.1 Å². The number of piperidine rings is 1. The van der Waals surface area contributed by atoms with Gasteiger partial charge in [-0.25, -0.2) is 4.39 Å². The number of hydrogen-bond acceptors (Lipinski definition) is 3. The highest BCUT2D eigenvalue weighted by Crippen LogP contribution is 2.27. The van der Waals surface area contributed by atoms with Gasteiger partial charge in [-0.05, 0) is 56.5 Å². The maximum Gasteiger partial charge on any atom is 0.123 e. The lowest BCUT2D eigenvalue weighted by Gasteiger charge is -2.46. The predicted octanol–water partition coefficient (Wildman–Crippen LogP) is 3.74. The Morgan fingerprint density at radius 2 is 1.36 bits per heavy atom. The van der Waals surface area contributed by atoms with Crippen molar-refractivity contribution in [2.75, 3.05) is 44.2 Å². The highest BCUT2D eigenvalue weighted by atomic mass is 19.1. The lowest BCUT2D eigenvalue weighted by Crippen LogP contribution is -2.56. The van der Waals surface area contributed by atoms with Crippen molar-refractivity contribution in [3.63, 3.8) is 0 Å². The second kappa shape index (κ2) is 8.05. The van der Waals surface area contributed by atoms with Crippen LogP contribution in [0.15, 0.2) is 24.3 Å². The third kappa shape index (κ3) is 4.17. The van der Waals surface area contributed by atoms with Gasteiger partial charge in [-0.1, -0.05) is 19.3 Å². The van der Waals surface area contributed by atoms with E-state index < -0.39 is 0 Å². The Hall–Kier alpha value is -1.13. The highest BCUT2D eigenvalue weighted by molar-refractivity contribution is 5.46. The lowest BCUT2D eigenvalue weighted by molar-refractivity contribution is 0.0553. The van der Waals surface area contributed by atoms with Gasteiger partial charge in [0, 0.05) is 50.5 Å². The smallest absolute Gasteiger partial charge is 0.123 e. The Labute approximate surface area is 151 Å². The van der Waals surface area contributed by atoms with Gasteiger partial charge in [0.05, 0.1) is 0 Å². The first kappa shape index (κ1) is 17.3. The molecule has 0 N–H and O–H groups in total. The molecule has 1 saturated carbocycles. The molecule has 3 nitrogen and oxygen atoms in total. The van der Waals surface area contributed by atoms with Gasteiger partial charge in [-0.15, -0.1) is 0 Å². The summed E-state index contributed by atoms with van der Waals surface area (Å²) in [5.41, 5.74) is 1.16. The molecule has 25 heavy (non-hydrogen) atoms. The molecule has 0 unspecified atom stereocenters. The molecule has 1 aliphatic carbocycles. The van der Waals surface area contributed by atoms with Crippen molar-refractivity contribution in [3.05, 3.63) is 30.1 Å². The molecule has 1 aromatic rings. The number of anilines is 1. The predicted molar refractivity (Wildman–Crippen MR) is 102 cm³/mol. The van der Waals surface area contributed by atoms with Crippen LogP contribution in [0.1, 0.15) is 44.9 Å². The second-order valence-corrected chi connectivity index (χ2v) is 8.08. The SMILES string of the molecule is Fc1ccc(N2CCN([C@H]3CCCN(C4CCCCC4)C3)CC2)cc1. The fourth-order valence-corrected chi connectivity index (χ4v) is 5.06. The van der Waals surface area contributed by atoms with Gasteiger partial charge in [0.15, 0.2) is 0 Å². The van der Waals surface area contributed by atoms with Gasteiger partial charge >= 0.3 is 0 Å². The minimum Gasteiger partial charge on any atom is -0.369 e. The fraction of sp³-hybridized carbons (Fsp3) is 0.714. The van der Waals surface area contributed by atoms with E-state index in [0.717, 1.165) is 44.0 Å². The topological polar surface area (TPSA) is 9.72 Å². The molecule has 2 heterocycles. The minimum absolute atomic E-state index is 0.146. The van der Waals surface area contributed by atoms with Gasteiger partial charge < -0.3 is 4.90 Å². The monoisotopic (exact) mass is 345 g/mol. The van der Waals surface area contributed by atoms with E-state index in [9.17, 15) is 4.39 Å². The van der Waals surface area contributed by atoms with Crippen LogP contribution in [-0.2, 0) is 0 Å².